The summed E-state index contributed by atoms with van der Waals surface area (Å²) < 4.78 is 4.90. The Hall–Kier alpha value is -3.33. The van der Waals surface area contributed by atoms with Crippen LogP contribution in [-0.2, 0) is 11.2 Å². The van der Waals surface area contributed by atoms with Crippen LogP contribution < -0.4 is 10.6 Å². The van der Waals surface area contributed by atoms with Gasteiger partial charge in [0.25, 0.3) is 0 Å². The molecule has 0 heterocycles. The standard InChI is InChI=1S/C18H17N3O3/c1-2-24-17(22)14-5-9-16(10-6-14)21-18(23)20-15-7-3-13(4-8-15)11-12-19/h3-10H,2,11H2,1H3,(H2,20,21,23). The summed E-state index contributed by atoms with van der Waals surface area (Å²) in [5.41, 5.74) is 2.49. The Kier molecular flexibility index (Phi) is 5.92. The van der Waals surface area contributed by atoms with E-state index in [0.29, 0.717) is 30.0 Å². The molecule has 2 amide bonds. The van der Waals surface area contributed by atoms with Crippen LogP contribution in [0.1, 0.15) is 22.8 Å². The van der Waals surface area contributed by atoms with Gasteiger partial charge < -0.3 is 15.4 Å². The molecule has 2 aromatic carbocycles. The van der Waals surface area contributed by atoms with Gasteiger partial charge in [-0.2, -0.15) is 5.26 Å². The average Bonchev–Trinajstić information content (AvgIpc) is 2.58. The molecule has 122 valence electrons. The summed E-state index contributed by atoms with van der Waals surface area (Å²) in [6.07, 6.45) is 0.333. The van der Waals surface area contributed by atoms with E-state index in [4.69, 9.17) is 10.00 Å². The average molecular weight is 323 g/mol. The van der Waals surface area contributed by atoms with Crippen LogP contribution in [0.5, 0.6) is 0 Å². The zero-order chi connectivity index (χ0) is 17.4. The minimum atomic E-state index is -0.397. The highest BCUT2D eigenvalue weighted by Gasteiger charge is 2.07. The Morgan fingerprint density at radius 3 is 2.04 bits per heavy atom. The topological polar surface area (TPSA) is 91.2 Å². The van der Waals surface area contributed by atoms with Crippen LogP contribution in [0, 0.1) is 11.3 Å². The monoisotopic (exact) mass is 323 g/mol. The number of urea groups is 1. The van der Waals surface area contributed by atoms with Gasteiger partial charge in [0.15, 0.2) is 0 Å². The van der Waals surface area contributed by atoms with Gasteiger partial charge in [-0.1, -0.05) is 12.1 Å². The van der Waals surface area contributed by atoms with Crippen molar-refractivity contribution in [2.45, 2.75) is 13.3 Å². The molecule has 0 unspecified atom stereocenters. The smallest absolute Gasteiger partial charge is 0.338 e. The first-order chi connectivity index (χ1) is 11.6. The van der Waals surface area contributed by atoms with Crippen molar-refractivity contribution in [1.29, 1.82) is 5.26 Å². The number of hydrogen-bond acceptors (Lipinski definition) is 4. The molecular formula is C18H17N3O3. The SMILES string of the molecule is CCOC(=O)c1ccc(NC(=O)Nc2ccc(CC#N)cc2)cc1. The Morgan fingerprint density at radius 2 is 1.54 bits per heavy atom. The highest BCUT2D eigenvalue weighted by molar-refractivity contribution is 6.00. The van der Waals surface area contributed by atoms with Gasteiger partial charge in [-0.25, -0.2) is 9.59 Å². The van der Waals surface area contributed by atoms with Crippen molar-refractivity contribution in [3.63, 3.8) is 0 Å². The molecule has 0 aliphatic heterocycles. The lowest BCUT2D eigenvalue weighted by atomic mass is 10.1. The fourth-order valence-corrected chi connectivity index (χ4v) is 1.99. The summed E-state index contributed by atoms with van der Waals surface area (Å²) in [4.78, 5) is 23.5. The quantitative estimate of drug-likeness (QED) is 0.823. The largest absolute Gasteiger partial charge is 0.462 e. The third kappa shape index (κ3) is 4.85. The number of nitriles is 1. The van der Waals surface area contributed by atoms with Gasteiger partial charge in [-0.3, -0.25) is 0 Å². The first-order valence-corrected chi connectivity index (χ1v) is 7.43. The third-order valence-electron chi connectivity index (χ3n) is 3.15. The van der Waals surface area contributed by atoms with Crippen LogP contribution in [-0.4, -0.2) is 18.6 Å². The van der Waals surface area contributed by atoms with E-state index < -0.39 is 12.0 Å². The molecule has 0 atom stereocenters. The van der Waals surface area contributed by atoms with Crippen molar-refractivity contribution < 1.29 is 14.3 Å². The maximum atomic E-state index is 11.9. The number of esters is 1. The molecule has 0 saturated carbocycles. The van der Waals surface area contributed by atoms with Crippen LogP contribution in [0.3, 0.4) is 0 Å². The minimum absolute atomic E-state index is 0.314. The normalized spacial score (nSPS) is 9.67. The van der Waals surface area contributed by atoms with Crippen LogP contribution in [0.25, 0.3) is 0 Å². The summed E-state index contributed by atoms with van der Waals surface area (Å²) >= 11 is 0. The lowest BCUT2D eigenvalue weighted by molar-refractivity contribution is 0.0526. The molecule has 0 bridgehead atoms. The number of benzene rings is 2. The molecule has 0 aromatic heterocycles. The molecule has 0 spiro atoms. The number of ether oxygens (including phenoxy) is 1. The number of hydrogen-bond donors (Lipinski definition) is 2. The van der Waals surface area contributed by atoms with E-state index in [0.717, 1.165) is 5.56 Å². The van der Waals surface area contributed by atoms with Gasteiger partial charge in [0.1, 0.15) is 0 Å². The third-order valence-corrected chi connectivity index (χ3v) is 3.15. The van der Waals surface area contributed by atoms with Crippen LogP contribution in [0.2, 0.25) is 0 Å². The Morgan fingerprint density at radius 1 is 1.00 bits per heavy atom. The molecule has 0 fully saturated rings. The van der Waals surface area contributed by atoms with Gasteiger partial charge in [0, 0.05) is 11.4 Å². The number of carbonyl (C=O) groups is 2. The molecule has 0 aliphatic carbocycles. The van der Waals surface area contributed by atoms with Gasteiger partial charge in [-0.05, 0) is 48.9 Å². The van der Waals surface area contributed by atoms with E-state index in [1.54, 1.807) is 55.5 Å². The Bertz CT molecular complexity index is 747. The number of rotatable bonds is 5. The molecular weight excluding hydrogens is 306 g/mol. The summed E-state index contributed by atoms with van der Waals surface area (Å²) in [7, 11) is 0. The highest BCUT2D eigenvalue weighted by atomic mass is 16.5. The number of carbonyl (C=O) groups excluding carboxylic acids is 2. The van der Waals surface area contributed by atoms with Gasteiger partial charge in [0.05, 0.1) is 24.7 Å². The van der Waals surface area contributed by atoms with Crippen molar-refractivity contribution in [2.75, 3.05) is 17.2 Å². The summed E-state index contributed by atoms with van der Waals surface area (Å²) in [5.74, 6) is -0.397. The Labute approximate surface area is 140 Å². The second-order valence-corrected chi connectivity index (χ2v) is 4.91. The van der Waals surface area contributed by atoms with Crippen molar-refractivity contribution in [1.82, 2.24) is 0 Å². The maximum absolute atomic E-state index is 11.9. The minimum Gasteiger partial charge on any atom is -0.462 e. The number of anilines is 2. The fourth-order valence-electron chi connectivity index (χ4n) is 1.99. The van der Waals surface area contributed by atoms with E-state index >= 15 is 0 Å². The van der Waals surface area contributed by atoms with E-state index in [2.05, 4.69) is 16.7 Å². The van der Waals surface area contributed by atoms with Gasteiger partial charge >= 0.3 is 12.0 Å². The molecule has 0 saturated heterocycles. The molecule has 24 heavy (non-hydrogen) atoms. The summed E-state index contributed by atoms with van der Waals surface area (Å²) in [6, 6.07) is 15.1. The van der Waals surface area contributed by atoms with E-state index in [-0.39, 0.29) is 0 Å². The van der Waals surface area contributed by atoms with E-state index in [9.17, 15) is 9.59 Å². The first kappa shape index (κ1) is 17.0. The van der Waals surface area contributed by atoms with Crippen molar-refractivity contribution in [2.24, 2.45) is 0 Å². The molecule has 2 aromatic rings. The maximum Gasteiger partial charge on any atom is 0.338 e. The number of nitrogens with zero attached hydrogens (tertiary/aromatic N) is 1. The predicted molar refractivity (Wildman–Crippen MR) is 90.8 cm³/mol. The zero-order valence-corrected chi connectivity index (χ0v) is 13.2. The lowest BCUT2D eigenvalue weighted by Gasteiger charge is -2.08. The summed E-state index contributed by atoms with van der Waals surface area (Å²) in [6.45, 7) is 2.05. The van der Waals surface area contributed by atoms with Crippen LogP contribution in [0.4, 0.5) is 16.2 Å². The van der Waals surface area contributed by atoms with Crippen molar-refractivity contribution in [3.05, 3.63) is 59.7 Å². The molecule has 6 heteroatoms. The molecule has 2 N–H and O–H groups in total. The number of amides is 2. The van der Waals surface area contributed by atoms with Crippen LogP contribution in [0.15, 0.2) is 48.5 Å². The second kappa shape index (κ2) is 8.34. The first-order valence-electron chi connectivity index (χ1n) is 7.43. The van der Waals surface area contributed by atoms with Crippen LogP contribution >= 0.6 is 0 Å². The Balaban J connectivity index is 1.92. The van der Waals surface area contributed by atoms with E-state index in [1.807, 2.05) is 0 Å². The zero-order valence-electron chi connectivity index (χ0n) is 13.2. The van der Waals surface area contributed by atoms with Crippen molar-refractivity contribution >= 4 is 23.4 Å². The fraction of sp³-hybridized carbons (Fsp3) is 0.167. The second-order valence-electron chi connectivity index (χ2n) is 4.91. The van der Waals surface area contributed by atoms with Crippen molar-refractivity contribution in [3.8, 4) is 6.07 Å². The molecule has 6 nitrogen and oxygen atoms in total. The molecule has 0 radical (unpaired) electrons. The predicted octanol–water partition coefficient (Wildman–Crippen LogP) is 3.57. The molecule has 2 rings (SSSR count). The van der Waals surface area contributed by atoms with Gasteiger partial charge in [-0.15, -0.1) is 0 Å². The van der Waals surface area contributed by atoms with E-state index in [1.165, 1.54) is 0 Å². The highest BCUT2D eigenvalue weighted by Crippen LogP contribution is 2.13. The molecule has 0 aliphatic rings. The lowest BCUT2D eigenvalue weighted by Crippen LogP contribution is -2.19. The van der Waals surface area contributed by atoms with Gasteiger partial charge in [0.2, 0.25) is 0 Å². The summed E-state index contributed by atoms with van der Waals surface area (Å²) in [5, 5.41) is 14.0. The number of nitrogens with one attached hydrogen (secondary N) is 2.